The summed E-state index contributed by atoms with van der Waals surface area (Å²) in [6.07, 6.45) is 1.47. The number of amides is 1. The van der Waals surface area contributed by atoms with Crippen molar-refractivity contribution < 1.29 is 22.4 Å². The average molecular weight is 298 g/mol. The molecule has 0 saturated heterocycles. The van der Waals surface area contributed by atoms with Crippen molar-refractivity contribution in [2.24, 2.45) is 0 Å². The molecule has 0 bridgehead atoms. The smallest absolute Gasteiger partial charge is 0.242 e. The van der Waals surface area contributed by atoms with Crippen molar-refractivity contribution in [2.45, 2.75) is 19.5 Å². The highest BCUT2D eigenvalue weighted by atomic mass is 19.2. The zero-order valence-corrected chi connectivity index (χ0v) is 11.1. The maximum absolute atomic E-state index is 13.4. The summed E-state index contributed by atoms with van der Waals surface area (Å²) in [4.78, 5) is 11.8. The van der Waals surface area contributed by atoms with Crippen molar-refractivity contribution in [3.8, 4) is 0 Å². The summed E-state index contributed by atoms with van der Waals surface area (Å²) < 4.78 is 44.3. The standard InChI is InChI=1S/C14H13F3N2O2/c1-8(14(20)18-7-9-3-2-4-21-9)19-13-6-11(16)10(15)5-12(13)17/h2-6,8,19H,7H2,1H3,(H,18,20). The molecule has 1 heterocycles. The van der Waals surface area contributed by atoms with Gasteiger partial charge in [0.05, 0.1) is 18.5 Å². The van der Waals surface area contributed by atoms with Crippen molar-refractivity contribution in [3.05, 3.63) is 53.7 Å². The number of carbonyl (C=O) groups is 1. The number of hydrogen-bond acceptors (Lipinski definition) is 3. The molecular formula is C14H13F3N2O2. The molecule has 1 unspecified atom stereocenters. The molecule has 0 fully saturated rings. The Morgan fingerprint density at radius 3 is 2.62 bits per heavy atom. The largest absolute Gasteiger partial charge is 0.467 e. The first kappa shape index (κ1) is 15.0. The van der Waals surface area contributed by atoms with Crippen LogP contribution in [0.1, 0.15) is 12.7 Å². The second-order valence-electron chi connectivity index (χ2n) is 4.41. The van der Waals surface area contributed by atoms with Crippen LogP contribution >= 0.6 is 0 Å². The van der Waals surface area contributed by atoms with Gasteiger partial charge in [-0.2, -0.15) is 0 Å². The molecule has 1 aromatic heterocycles. The third kappa shape index (κ3) is 3.77. The molecule has 2 rings (SSSR count). The summed E-state index contributed by atoms with van der Waals surface area (Å²) >= 11 is 0. The van der Waals surface area contributed by atoms with Crippen molar-refractivity contribution in [1.29, 1.82) is 0 Å². The SMILES string of the molecule is CC(Nc1cc(F)c(F)cc1F)C(=O)NCc1ccco1. The number of hydrogen-bond donors (Lipinski definition) is 2. The van der Waals surface area contributed by atoms with E-state index in [2.05, 4.69) is 10.6 Å². The molecule has 21 heavy (non-hydrogen) atoms. The van der Waals surface area contributed by atoms with Gasteiger partial charge in [0.2, 0.25) is 5.91 Å². The first-order valence-electron chi connectivity index (χ1n) is 6.18. The molecule has 1 atom stereocenters. The number of furan rings is 1. The van der Waals surface area contributed by atoms with Crippen LogP contribution in [0, 0.1) is 17.5 Å². The van der Waals surface area contributed by atoms with Gasteiger partial charge in [-0.25, -0.2) is 13.2 Å². The van der Waals surface area contributed by atoms with E-state index in [0.29, 0.717) is 17.9 Å². The Balaban J connectivity index is 1.95. The summed E-state index contributed by atoms with van der Waals surface area (Å²) in [5, 5.41) is 5.05. The van der Waals surface area contributed by atoms with Crippen LogP contribution in [0.4, 0.5) is 18.9 Å². The Morgan fingerprint density at radius 1 is 1.24 bits per heavy atom. The van der Waals surface area contributed by atoms with Crippen LogP contribution < -0.4 is 10.6 Å². The highest BCUT2D eigenvalue weighted by molar-refractivity contribution is 5.84. The van der Waals surface area contributed by atoms with Gasteiger partial charge in [0.1, 0.15) is 17.6 Å². The molecule has 1 aromatic carbocycles. The molecule has 0 aliphatic carbocycles. The number of carbonyl (C=O) groups excluding carboxylic acids is 1. The van der Waals surface area contributed by atoms with Gasteiger partial charge in [-0.05, 0) is 19.1 Å². The molecule has 0 aliphatic rings. The Hall–Kier alpha value is -2.44. The second-order valence-corrected chi connectivity index (χ2v) is 4.41. The number of nitrogens with one attached hydrogen (secondary N) is 2. The highest BCUT2D eigenvalue weighted by Gasteiger charge is 2.16. The van der Waals surface area contributed by atoms with Gasteiger partial charge in [0.15, 0.2) is 11.6 Å². The fourth-order valence-corrected chi connectivity index (χ4v) is 1.67. The minimum atomic E-state index is -1.28. The molecule has 112 valence electrons. The molecule has 0 spiro atoms. The number of rotatable bonds is 5. The van der Waals surface area contributed by atoms with Crippen LogP contribution in [0.15, 0.2) is 34.9 Å². The van der Waals surface area contributed by atoms with Crippen LogP contribution in [0.5, 0.6) is 0 Å². The molecule has 0 radical (unpaired) electrons. The predicted octanol–water partition coefficient (Wildman–Crippen LogP) is 2.81. The van der Waals surface area contributed by atoms with E-state index in [0.717, 1.165) is 0 Å². The maximum Gasteiger partial charge on any atom is 0.242 e. The molecule has 0 saturated carbocycles. The lowest BCUT2D eigenvalue weighted by molar-refractivity contribution is -0.121. The molecule has 0 aliphatic heterocycles. The number of halogens is 3. The van der Waals surface area contributed by atoms with Gasteiger partial charge >= 0.3 is 0 Å². The summed E-state index contributed by atoms with van der Waals surface area (Å²) in [5.74, 6) is -3.32. The fourth-order valence-electron chi connectivity index (χ4n) is 1.67. The lowest BCUT2D eigenvalue weighted by atomic mass is 10.2. The normalized spacial score (nSPS) is 12.0. The summed E-state index contributed by atoms with van der Waals surface area (Å²) in [6.45, 7) is 1.65. The number of benzene rings is 1. The predicted molar refractivity (Wildman–Crippen MR) is 70.0 cm³/mol. The van der Waals surface area contributed by atoms with Crippen molar-refractivity contribution in [2.75, 3.05) is 5.32 Å². The Kier molecular flexibility index (Phi) is 4.52. The lowest BCUT2D eigenvalue weighted by Crippen LogP contribution is -2.37. The number of anilines is 1. The van der Waals surface area contributed by atoms with Gasteiger partial charge in [-0.15, -0.1) is 0 Å². The zero-order chi connectivity index (χ0) is 15.4. The van der Waals surface area contributed by atoms with Crippen LogP contribution in [0.2, 0.25) is 0 Å². The van der Waals surface area contributed by atoms with Gasteiger partial charge in [0.25, 0.3) is 0 Å². The van der Waals surface area contributed by atoms with E-state index in [-0.39, 0.29) is 12.2 Å². The van der Waals surface area contributed by atoms with E-state index in [1.54, 1.807) is 12.1 Å². The van der Waals surface area contributed by atoms with E-state index in [1.807, 2.05) is 0 Å². The van der Waals surface area contributed by atoms with Gasteiger partial charge in [-0.1, -0.05) is 0 Å². The monoisotopic (exact) mass is 298 g/mol. The third-order valence-electron chi connectivity index (χ3n) is 2.79. The highest BCUT2D eigenvalue weighted by Crippen LogP contribution is 2.19. The minimum Gasteiger partial charge on any atom is -0.467 e. The van der Waals surface area contributed by atoms with Gasteiger partial charge in [-0.3, -0.25) is 4.79 Å². The Bertz CT molecular complexity index is 629. The fraction of sp³-hybridized carbons (Fsp3) is 0.214. The lowest BCUT2D eigenvalue weighted by Gasteiger charge is -2.15. The summed E-state index contributed by atoms with van der Waals surface area (Å²) in [5.41, 5.74) is -0.283. The Labute approximate surface area is 119 Å². The molecule has 2 aromatic rings. The average Bonchev–Trinajstić information content (AvgIpc) is 2.95. The summed E-state index contributed by atoms with van der Waals surface area (Å²) in [6, 6.07) is 3.62. The third-order valence-corrected chi connectivity index (χ3v) is 2.79. The maximum atomic E-state index is 13.4. The quantitative estimate of drug-likeness (QED) is 0.835. The van der Waals surface area contributed by atoms with Crippen LogP contribution in [-0.2, 0) is 11.3 Å². The van der Waals surface area contributed by atoms with Crippen LogP contribution in [0.3, 0.4) is 0 Å². The first-order valence-corrected chi connectivity index (χ1v) is 6.18. The first-order chi connectivity index (χ1) is 9.97. The van der Waals surface area contributed by atoms with E-state index in [1.165, 1.54) is 13.2 Å². The Morgan fingerprint density at radius 2 is 1.95 bits per heavy atom. The van der Waals surface area contributed by atoms with Crippen molar-refractivity contribution in [1.82, 2.24) is 5.32 Å². The van der Waals surface area contributed by atoms with Crippen LogP contribution in [-0.4, -0.2) is 11.9 Å². The molecule has 7 heteroatoms. The molecule has 1 amide bonds. The van der Waals surface area contributed by atoms with Gasteiger partial charge in [0, 0.05) is 12.1 Å². The molecular weight excluding hydrogens is 285 g/mol. The summed E-state index contributed by atoms with van der Waals surface area (Å²) in [7, 11) is 0. The van der Waals surface area contributed by atoms with Gasteiger partial charge < -0.3 is 15.1 Å². The zero-order valence-electron chi connectivity index (χ0n) is 11.1. The van der Waals surface area contributed by atoms with E-state index in [4.69, 9.17) is 4.42 Å². The second kappa shape index (κ2) is 6.34. The van der Waals surface area contributed by atoms with E-state index >= 15 is 0 Å². The van der Waals surface area contributed by atoms with Crippen LogP contribution in [0.25, 0.3) is 0 Å². The minimum absolute atomic E-state index is 0.179. The molecule has 2 N–H and O–H groups in total. The molecule has 4 nitrogen and oxygen atoms in total. The topological polar surface area (TPSA) is 54.3 Å². The van der Waals surface area contributed by atoms with E-state index < -0.39 is 29.4 Å². The van der Waals surface area contributed by atoms with E-state index in [9.17, 15) is 18.0 Å². The van der Waals surface area contributed by atoms with Crippen molar-refractivity contribution in [3.63, 3.8) is 0 Å². The van der Waals surface area contributed by atoms with Crippen molar-refractivity contribution >= 4 is 11.6 Å².